The van der Waals surface area contributed by atoms with Crippen LogP contribution in [0.25, 0.3) is 0 Å². The van der Waals surface area contributed by atoms with Gasteiger partial charge in [0.15, 0.2) is 0 Å². The minimum atomic E-state index is -6.80. The summed E-state index contributed by atoms with van der Waals surface area (Å²) in [5.74, 6) is -49.5. The third-order valence-electron chi connectivity index (χ3n) is 4.44. The van der Waals surface area contributed by atoms with Gasteiger partial charge in [-0.25, -0.2) is 17.6 Å². The molecule has 0 aromatic carbocycles. The van der Waals surface area contributed by atoms with E-state index in [9.17, 15) is 79.0 Å². The largest absolute Gasteiger partial charge is 0.400 e. The van der Waals surface area contributed by atoms with Crippen molar-refractivity contribution in [3.8, 4) is 0 Å². The van der Waals surface area contributed by atoms with Crippen molar-refractivity contribution in [2.75, 3.05) is 0 Å². The molecular formula is C12F18O. The van der Waals surface area contributed by atoms with Gasteiger partial charge in [-0.05, 0) is 0 Å². The van der Waals surface area contributed by atoms with Gasteiger partial charge in [0.2, 0.25) is 11.7 Å². The Bertz CT molecular complexity index is 759. The molecule has 31 heavy (non-hydrogen) atoms. The van der Waals surface area contributed by atoms with E-state index in [1.54, 1.807) is 0 Å². The van der Waals surface area contributed by atoms with E-state index >= 15 is 0 Å². The normalized spacial score (nSPS) is 31.4. The summed E-state index contributed by atoms with van der Waals surface area (Å²) in [6.07, 6.45) is 0. The van der Waals surface area contributed by atoms with Crippen LogP contribution in [0.3, 0.4) is 0 Å². The summed E-state index contributed by atoms with van der Waals surface area (Å²) in [5, 5.41) is 0. The lowest BCUT2D eigenvalue weighted by Gasteiger charge is -2.53. The molecule has 0 heterocycles. The van der Waals surface area contributed by atoms with E-state index in [1.807, 2.05) is 0 Å². The second-order valence-electron chi connectivity index (χ2n) is 6.04. The van der Waals surface area contributed by atoms with Crippen molar-refractivity contribution in [2.45, 2.75) is 46.9 Å². The zero-order valence-corrected chi connectivity index (χ0v) is 13.2. The van der Waals surface area contributed by atoms with Crippen LogP contribution in [0.4, 0.5) is 79.0 Å². The summed E-state index contributed by atoms with van der Waals surface area (Å²) in [6.45, 7) is 0. The molecule has 2 aliphatic rings. The molecule has 2 saturated carbocycles. The smallest absolute Gasteiger partial charge is 0.380 e. The molecule has 2 aliphatic carbocycles. The molecule has 0 radical (unpaired) electrons. The fraction of sp³-hybridized carbons (Fsp3) is 0.667. The molecule has 0 atom stereocenters. The van der Waals surface area contributed by atoms with E-state index in [-0.39, 0.29) is 0 Å². The first kappa shape index (κ1) is 25.3. The van der Waals surface area contributed by atoms with Crippen molar-refractivity contribution in [1.82, 2.24) is 0 Å². The molecule has 180 valence electrons. The molecule has 19 heteroatoms. The van der Waals surface area contributed by atoms with Crippen LogP contribution in [0.1, 0.15) is 0 Å². The van der Waals surface area contributed by atoms with Crippen LogP contribution >= 0.6 is 0 Å². The predicted molar refractivity (Wildman–Crippen MR) is 56.9 cm³/mol. The summed E-state index contributed by atoms with van der Waals surface area (Å²) in [7, 11) is 0. The van der Waals surface area contributed by atoms with E-state index in [4.69, 9.17) is 0 Å². The molecule has 2 rings (SSSR count). The minimum absolute atomic E-state index is 2.30. The maximum Gasteiger partial charge on any atom is 0.380 e. The highest BCUT2D eigenvalue weighted by Crippen LogP contribution is 2.73. The van der Waals surface area contributed by atoms with Crippen molar-refractivity contribution in [3.05, 3.63) is 23.7 Å². The first-order valence-electron chi connectivity index (χ1n) is 6.81. The number of hydrogen-bond acceptors (Lipinski definition) is 1. The Balaban J connectivity index is 2.52. The van der Waals surface area contributed by atoms with Crippen LogP contribution in [0, 0.1) is 0 Å². The fourth-order valence-corrected chi connectivity index (χ4v) is 2.52. The summed E-state index contributed by atoms with van der Waals surface area (Å²) < 4.78 is 235. The number of allylic oxidation sites excluding steroid dienone is 2. The molecule has 2 fully saturated rings. The van der Waals surface area contributed by atoms with Crippen LogP contribution in [0.15, 0.2) is 23.7 Å². The summed E-state index contributed by atoms with van der Waals surface area (Å²) in [4.78, 5) is 0. The highest BCUT2D eigenvalue weighted by Gasteiger charge is 3.03. The van der Waals surface area contributed by atoms with Crippen molar-refractivity contribution >= 4 is 0 Å². The minimum Gasteiger partial charge on any atom is -0.400 e. The molecule has 0 aliphatic heterocycles. The number of rotatable bonds is 4. The highest BCUT2D eigenvalue weighted by atomic mass is 19.4. The van der Waals surface area contributed by atoms with Crippen LogP contribution in [0.2, 0.25) is 0 Å². The Hall–Kier alpha value is -1.98. The Labute approximate surface area is 155 Å². The second kappa shape index (κ2) is 5.87. The maximum atomic E-state index is 13.5. The monoisotopic (exact) mass is 502 g/mol. The molecule has 0 unspecified atom stereocenters. The van der Waals surface area contributed by atoms with E-state index < -0.39 is 70.6 Å². The standard InChI is InChI=1S/C12F18O/c13-1(5(17)7(19,20)11(27,28)8(5,21)22)3(15)31-4(16)2(14)6(18)9(23,24)12(29,30)10(6,25)26. The molecule has 0 saturated heterocycles. The zero-order valence-electron chi connectivity index (χ0n) is 13.2. The lowest BCUT2D eigenvalue weighted by Crippen LogP contribution is -2.84. The molecule has 0 amide bonds. The van der Waals surface area contributed by atoms with Crippen LogP contribution in [0.5, 0.6) is 0 Å². The Kier molecular flexibility index (Phi) is 4.79. The van der Waals surface area contributed by atoms with Gasteiger partial charge in [-0.3, -0.25) is 0 Å². The van der Waals surface area contributed by atoms with Gasteiger partial charge < -0.3 is 4.74 Å². The molecular weight excluding hydrogens is 502 g/mol. The zero-order chi connectivity index (χ0) is 25.0. The van der Waals surface area contributed by atoms with Crippen LogP contribution in [-0.2, 0) is 4.74 Å². The quantitative estimate of drug-likeness (QED) is 0.316. The first-order valence-corrected chi connectivity index (χ1v) is 6.81. The van der Waals surface area contributed by atoms with Crippen molar-refractivity contribution in [1.29, 1.82) is 0 Å². The van der Waals surface area contributed by atoms with Gasteiger partial charge in [-0.2, -0.15) is 61.5 Å². The number of halogens is 18. The van der Waals surface area contributed by atoms with E-state index in [2.05, 4.69) is 4.74 Å². The SMILES string of the molecule is FC(OC(F)=C(F)C1(F)C(F)(F)C(F)(F)C1(F)F)=C(F)C1(F)C(F)(F)C(F)(F)C1(F)F. The Morgan fingerprint density at radius 3 is 0.742 bits per heavy atom. The average Bonchev–Trinajstić information content (AvgIpc) is 2.62. The molecule has 0 N–H and O–H groups in total. The summed E-state index contributed by atoms with van der Waals surface area (Å²) in [5.41, 5.74) is -13.3. The lowest BCUT2D eigenvalue weighted by molar-refractivity contribution is -0.466. The second-order valence-corrected chi connectivity index (χ2v) is 6.04. The van der Waals surface area contributed by atoms with Gasteiger partial charge in [-0.1, -0.05) is 0 Å². The van der Waals surface area contributed by atoms with Gasteiger partial charge in [0.05, 0.1) is 0 Å². The van der Waals surface area contributed by atoms with Crippen LogP contribution in [-0.4, -0.2) is 46.9 Å². The number of hydrogen-bond donors (Lipinski definition) is 0. The topological polar surface area (TPSA) is 9.23 Å². The van der Waals surface area contributed by atoms with Gasteiger partial charge in [0, 0.05) is 0 Å². The van der Waals surface area contributed by atoms with Crippen molar-refractivity contribution in [3.63, 3.8) is 0 Å². The van der Waals surface area contributed by atoms with Gasteiger partial charge >= 0.3 is 58.9 Å². The Morgan fingerprint density at radius 2 is 0.548 bits per heavy atom. The molecule has 0 spiro atoms. The van der Waals surface area contributed by atoms with Gasteiger partial charge in [-0.15, -0.1) is 0 Å². The maximum absolute atomic E-state index is 13.5. The molecule has 1 nitrogen and oxygen atoms in total. The third-order valence-corrected chi connectivity index (χ3v) is 4.44. The molecule has 0 bridgehead atoms. The average molecular weight is 502 g/mol. The first-order chi connectivity index (χ1) is 13.4. The number of ether oxygens (including phenoxy) is 1. The van der Waals surface area contributed by atoms with Crippen molar-refractivity contribution in [2.24, 2.45) is 0 Å². The fourth-order valence-electron chi connectivity index (χ4n) is 2.52. The lowest BCUT2D eigenvalue weighted by atomic mass is 9.68. The van der Waals surface area contributed by atoms with Gasteiger partial charge in [0.1, 0.15) is 0 Å². The highest BCUT2D eigenvalue weighted by molar-refractivity contribution is 5.40. The summed E-state index contributed by atoms with van der Waals surface area (Å²) in [6, 6.07) is -8.43. The van der Waals surface area contributed by atoms with Crippen LogP contribution < -0.4 is 0 Å². The van der Waals surface area contributed by atoms with Crippen molar-refractivity contribution < 1.29 is 83.8 Å². The number of alkyl halides is 14. The summed E-state index contributed by atoms with van der Waals surface area (Å²) >= 11 is 0. The molecule has 0 aromatic rings. The van der Waals surface area contributed by atoms with E-state index in [1.165, 1.54) is 0 Å². The third kappa shape index (κ3) is 2.15. The van der Waals surface area contributed by atoms with Gasteiger partial charge in [0.25, 0.3) is 0 Å². The Morgan fingerprint density at radius 1 is 0.355 bits per heavy atom. The predicted octanol–water partition coefficient (Wildman–Crippen LogP) is 6.47. The van der Waals surface area contributed by atoms with E-state index in [0.29, 0.717) is 0 Å². The van der Waals surface area contributed by atoms with E-state index in [0.717, 1.165) is 0 Å². The molecule has 0 aromatic heterocycles.